The highest BCUT2D eigenvalue weighted by atomic mass is 35.5. The molecule has 4 heteroatoms. The summed E-state index contributed by atoms with van der Waals surface area (Å²) in [5.74, 6) is -0.685. The number of hydrogen-bond acceptors (Lipinski definition) is 2. The minimum absolute atomic E-state index is 0.0253. The Balaban J connectivity index is 2.41. The number of rotatable bonds is 3. The predicted octanol–water partition coefficient (Wildman–Crippen LogP) is 2.72. The second-order valence-electron chi connectivity index (χ2n) is 4.32. The smallest absolute Gasteiger partial charge is 0.273 e. The molecule has 18 heavy (non-hydrogen) atoms. The molecule has 0 aromatic heterocycles. The van der Waals surface area contributed by atoms with Gasteiger partial charge >= 0.3 is 0 Å². The summed E-state index contributed by atoms with van der Waals surface area (Å²) in [7, 11) is 0. The molecule has 3 nitrogen and oxygen atoms in total. The van der Waals surface area contributed by atoms with Crippen molar-refractivity contribution in [3.8, 4) is 0 Å². The number of imide groups is 1. The Morgan fingerprint density at radius 1 is 1.11 bits per heavy atom. The third-order valence-electron chi connectivity index (χ3n) is 2.90. The number of carbonyl (C=O) groups is 2. The molecule has 0 atom stereocenters. The first-order valence-electron chi connectivity index (χ1n) is 5.89. The van der Waals surface area contributed by atoms with Crippen molar-refractivity contribution in [2.24, 2.45) is 0 Å². The van der Waals surface area contributed by atoms with Crippen LogP contribution in [-0.2, 0) is 9.59 Å². The summed E-state index contributed by atoms with van der Waals surface area (Å²) in [6, 6.07) is 7.42. The van der Waals surface area contributed by atoms with Crippen LogP contribution in [0.25, 0.3) is 5.57 Å². The lowest BCUT2D eigenvalue weighted by molar-refractivity contribution is -0.136. The van der Waals surface area contributed by atoms with Gasteiger partial charge in [0, 0.05) is 6.54 Å². The summed E-state index contributed by atoms with van der Waals surface area (Å²) in [5, 5.41) is 0.0253. The summed E-state index contributed by atoms with van der Waals surface area (Å²) in [6.07, 6.45) is 0.725. The fourth-order valence-corrected chi connectivity index (χ4v) is 2.24. The maximum Gasteiger partial charge on any atom is 0.273 e. The third kappa shape index (κ3) is 2.06. The summed E-state index contributed by atoms with van der Waals surface area (Å²) in [5.41, 5.74) is 2.11. The zero-order chi connectivity index (χ0) is 13.3. The molecule has 0 N–H and O–H groups in total. The van der Waals surface area contributed by atoms with E-state index >= 15 is 0 Å². The van der Waals surface area contributed by atoms with Gasteiger partial charge in [-0.15, -0.1) is 0 Å². The number of benzene rings is 1. The molecular formula is C14H14ClNO2. The zero-order valence-corrected chi connectivity index (χ0v) is 11.1. The van der Waals surface area contributed by atoms with Gasteiger partial charge in [0.2, 0.25) is 0 Å². The topological polar surface area (TPSA) is 37.4 Å². The SMILES string of the molecule is CCCN1C(=O)C(Cl)=C(c2ccc(C)cc2)C1=O. The summed E-state index contributed by atoms with van der Waals surface area (Å²) in [6.45, 7) is 4.28. The van der Waals surface area contributed by atoms with Gasteiger partial charge in [0.1, 0.15) is 5.03 Å². The van der Waals surface area contributed by atoms with Crippen LogP contribution in [0.5, 0.6) is 0 Å². The molecule has 2 rings (SSSR count). The molecule has 1 aromatic rings. The van der Waals surface area contributed by atoms with Gasteiger partial charge < -0.3 is 0 Å². The van der Waals surface area contributed by atoms with Crippen molar-refractivity contribution >= 4 is 29.0 Å². The van der Waals surface area contributed by atoms with Crippen molar-refractivity contribution in [3.05, 3.63) is 40.4 Å². The molecule has 1 heterocycles. The van der Waals surface area contributed by atoms with E-state index in [9.17, 15) is 9.59 Å². The summed E-state index contributed by atoms with van der Waals surface area (Å²) in [4.78, 5) is 25.2. The number of halogens is 1. The highest BCUT2D eigenvalue weighted by molar-refractivity contribution is 6.55. The first-order valence-corrected chi connectivity index (χ1v) is 6.27. The van der Waals surface area contributed by atoms with Crippen LogP contribution in [0.15, 0.2) is 29.3 Å². The zero-order valence-electron chi connectivity index (χ0n) is 10.4. The Bertz CT molecular complexity index is 531. The molecule has 1 aliphatic rings. The molecule has 0 unspecified atom stereocenters. The molecule has 94 valence electrons. The lowest BCUT2D eigenvalue weighted by Crippen LogP contribution is -2.31. The van der Waals surface area contributed by atoms with E-state index < -0.39 is 0 Å². The number of nitrogens with zero attached hydrogens (tertiary/aromatic N) is 1. The van der Waals surface area contributed by atoms with E-state index in [2.05, 4.69) is 0 Å². The highest BCUT2D eigenvalue weighted by Gasteiger charge is 2.37. The molecule has 0 bridgehead atoms. The van der Waals surface area contributed by atoms with Gasteiger partial charge in [0.05, 0.1) is 5.57 Å². The third-order valence-corrected chi connectivity index (χ3v) is 3.25. The maximum atomic E-state index is 12.2. The van der Waals surface area contributed by atoms with Gasteiger partial charge in [0.15, 0.2) is 0 Å². The molecule has 0 fully saturated rings. The van der Waals surface area contributed by atoms with Gasteiger partial charge in [-0.3, -0.25) is 14.5 Å². The average molecular weight is 264 g/mol. The quantitative estimate of drug-likeness (QED) is 0.787. The molecule has 0 spiro atoms. The molecular weight excluding hydrogens is 250 g/mol. The summed E-state index contributed by atoms with van der Waals surface area (Å²) < 4.78 is 0. The van der Waals surface area contributed by atoms with Crippen molar-refractivity contribution in [2.75, 3.05) is 6.54 Å². The van der Waals surface area contributed by atoms with E-state index in [0.29, 0.717) is 17.7 Å². The number of hydrogen-bond donors (Lipinski definition) is 0. The van der Waals surface area contributed by atoms with Crippen molar-refractivity contribution < 1.29 is 9.59 Å². The van der Waals surface area contributed by atoms with E-state index in [1.807, 2.05) is 38.1 Å². The average Bonchev–Trinajstić information content (AvgIpc) is 2.56. The van der Waals surface area contributed by atoms with Gasteiger partial charge in [-0.05, 0) is 18.9 Å². The van der Waals surface area contributed by atoms with Crippen LogP contribution in [-0.4, -0.2) is 23.3 Å². The Hall–Kier alpha value is -1.61. The first-order chi connectivity index (χ1) is 8.56. The Labute approximate surface area is 111 Å². The van der Waals surface area contributed by atoms with Crippen LogP contribution in [0, 0.1) is 6.92 Å². The number of amides is 2. The first kappa shape index (κ1) is 12.8. The van der Waals surface area contributed by atoms with Crippen LogP contribution in [0.4, 0.5) is 0 Å². The number of carbonyl (C=O) groups excluding carboxylic acids is 2. The Kier molecular flexibility index (Phi) is 3.53. The van der Waals surface area contributed by atoms with Crippen molar-refractivity contribution in [3.63, 3.8) is 0 Å². The maximum absolute atomic E-state index is 12.2. The second-order valence-corrected chi connectivity index (χ2v) is 4.69. The van der Waals surface area contributed by atoms with E-state index in [-0.39, 0.29) is 16.8 Å². The van der Waals surface area contributed by atoms with Gasteiger partial charge in [0.25, 0.3) is 11.8 Å². The molecule has 0 radical (unpaired) electrons. The molecule has 0 saturated carbocycles. The normalized spacial score (nSPS) is 15.8. The minimum atomic E-state index is -0.390. The molecule has 1 aromatic carbocycles. The largest absolute Gasteiger partial charge is 0.274 e. The minimum Gasteiger partial charge on any atom is -0.274 e. The molecule has 1 aliphatic heterocycles. The van der Waals surface area contributed by atoms with Gasteiger partial charge in [-0.1, -0.05) is 48.4 Å². The predicted molar refractivity (Wildman–Crippen MR) is 71.0 cm³/mol. The second kappa shape index (κ2) is 4.94. The highest BCUT2D eigenvalue weighted by Crippen LogP contribution is 2.31. The van der Waals surface area contributed by atoms with E-state index in [1.54, 1.807) is 0 Å². The van der Waals surface area contributed by atoms with Crippen LogP contribution in [0.1, 0.15) is 24.5 Å². The number of aryl methyl sites for hydroxylation is 1. The van der Waals surface area contributed by atoms with Crippen molar-refractivity contribution in [1.82, 2.24) is 4.90 Å². The molecule has 0 aliphatic carbocycles. The molecule has 2 amide bonds. The monoisotopic (exact) mass is 263 g/mol. The van der Waals surface area contributed by atoms with Crippen molar-refractivity contribution in [2.45, 2.75) is 20.3 Å². The lowest BCUT2D eigenvalue weighted by Gasteiger charge is -2.12. The Morgan fingerprint density at radius 3 is 2.28 bits per heavy atom. The summed E-state index contributed by atoms with van der Waals surface area (Å²) >= 11 is 6.00. The lowest BCUT2D eigenvalue weighted by atomic mass is 10.0. The fraction of sp³-hybridized carbons (Fsp3) is 0.286. The van der Waals surface area contributed by atoms with Crippen molar-refractivity contribution in [1.29, 1.82) is 0 Å². The Morgan fingerprint density at radius 2 is 1.72 bits per heavy atom. The standard InChI is InChI=1S/C14H14ClNO2/c1-3-8-16-13(17)11(12(15)14(16)18)10-6-4-9(2)5-7-10/h4-7H,3,8H2,1-2H3. The fourth-order valence-electron chi connectivity index (χ4n) is 1.94. The van der Waals surface area contributed by atoms with E-state index in [1.165, 1.54) is 4.90 Å². The molecule has 0 saturated heterocycles. The van der Waals surface area contributed by atoms with E-state index in [4.69, 9.17) is 11.6 Å². The van der Waals surface area contributed by atoms with Crippen LogP contribution in [0.2, 0.25) is 0 Å². The van der Waals surface area contributed by atoms with Gasteiger partial charge in [-0.2, -0.15) is 0 Å². The van der Waals surface area contributed by atoms with Crippen LogP contribution >= 0.6 is 11.6 Å². The van der Waals surface area contributed by atoms with Gasteiger partial charge in [-0.25, -0.2) is 0 Å². The van der Waals surface area contributed by atoms with E-state index in [0.717, 1.165) is 12.0 Å². The van der Waals surface area contributed by atoms with Crippen LogP contribution in [0.3, 0.4) is 0 Å². The van der Waals surface area contributed by atoms with Crippen LogP contribution < -0.4 is 0 Å².